The highest BCUT2D eigenvalue weighted by Crippen LogP contribution is 2.34. The van der Waals surface area contributed by atoms with Crippen LogP contribution in [0.15, 0.2) is 36.4 Å². The van der Waals surface area contributed by atoms with Crippen LogP contribution in [0.3, 0.4) is 0 Å². The molecule has 0 heterocycles. The Labute approximate surface area is 193 Å². The summed E-state index contributed by atoms with van der Waals surface area (Å²) in [6.07, 6.45) is 7.66. The fourth-order valence-electron chi connectivity index (χ4n) is 3.90. The molecule has 6 heteroatoms. The lowest BCUT2D eigenvalue weighted by Crippen LogP contribution is -2.45. The van der Waals surface area contributed by atoms with Gasteiger partial charge in [0.05, 0.1) is 11.8 Å². The van der Waals surface area contributed by atoms with Crippen molar-refractivity contribution in [2.45, 2.75) is 72.3 Å². The molecule has 0 radical (unpaired) electrons. The van der Waals surface area contributed by atoms with E-state index in [0.717, 1.165) is 18.4 Å². The van der Waals surface area contributed by atoms with Crippen molar-refractivity contribution in [1.29, 1.82) is 0 Å². The van der Waals surface area contributed by atoms with Gasteiger partial charge in [-0.3, -0.25) is 15.0 Å². The number of aliphatic hydroxyl groups is 1. The van der Waals surface area contributed by atoms with Crippen molar-refractivity contribution in [3.8, 4) is 0 Å². The summed E-state index contributed by atoms with van der Waals surface area (Å²) in [6.45, 7) is 9.69. The number of carbonyl (C=O) groups is 2. The molecule has 1 amide bonds. The van der Waals surface area contributed by atoms with Gasteiger partial charge in [-0.1, -0.05) is 69.2 Å². The number of rotatable bonds is 13. The van der Waals surface area contributed by atoms with E-state index in [1.807, 2.05) is 77.1 Å². The van der Waals surface area contributed by atoms with Crippen LogP contribution in [0.5, 0.6) is 0 Å². The van der Waals surface area contributed by atoms with E-state index in [0.29, 0.717) is 19.3 Å². The van der Waals surface area contributed by atoms with Crippen molar-refractivity contribution >= 4 is 18.0 Å². The van der Waals surface area contributed by atoms with Crippen molar-refractivity contribution in [3.63, 3.8) is 0 Å². The van der Waals surface area contributed by atoms with Crippen molar-refractivity contribution in [1.82, 2.24) is 5.43 Å². The van der Waals surface area contributed by atoms with E-state index in [1.165, 1.54) is 0 Å². The normalized spacial score (nSPS) is 14.9. The first-order valence-corrected chi connectivity index (χ1v) is 11.7. The van der Waals surface area contributed by atoms with E-state index in [-0.39, 0.29) is 30.3 Å². The average Bonchev–Trinajstić information content (AvgIpc) is 2.72. The zero-order valence-electron chi connectivity index (χ0n) is 20.3. The van der Waals surface area contributed by atoms with E-state index in [4.69, 9.17) is 15.7 Å². The Balaban J connectivity index is 3.37. The summed E-state index contributed by atoms with van der Waals surface area (Å²) in [5.41, 5.74) is 2.63. The van der Waals surface area contributed by atoms with Gasteiger partial charge in [-0.2, -0.15) is 0 Å². The van der Waals surface area contributed by atoms with E-state index in [1.54, 1.807) is 0 Å². The highest BCUT2D eigenvalue weighted by Gasteiger charge is 2.40. The van der Waals surface area contributed by atoms with Gasteiger partial charge < -0.3 is 9.84 Å². The molecule has 0 aliphatic heterocycles. The fourth-order valence-corrected chi connectivity index (χ4v) is 3.90. The Bertz CT molecular complexity index is 710. The summed E-state index contributed by atoms with van der Waals surface area (Å²) in [7, 11) is 0. The van der Waals surface area contributed by atoms with Gasteiger partial charge in [-0.15, -0.1) is 0 Å². The standard InChI is InChI=1S/C26H42N2O4/c1-19(2)18-22(24(30)28-27)23(25(31)32-26(3,4)5)21(14-10-7-11-17-29)16-15-20-12-8-6-9-13-20/h6,8-9,12-13,15-16,19,21-23,29H,7,10-11,14,17-18,27H2,1-5H3,(H,28,30)/b16-15+/t21?,22-,23+/m1/s1. The lowest BCUT2D eigenvalue weighted by molar-refractivity contribution is -0.166. The Morgan fingerprint density at radius 2 is 1.78 bits per heavy atom. The number of nitrogens with one attached hydrogen (secondary N) is 1. The number of unbranched alkanes of at least 4 members (excludes halogenated alkanes) is 2. The zero-order chi connectivity index (χ0) is 24.1. The molecule has 0 aromatic heterocycles. The first-order valence-electron chi connectivity index (χ1n) is 11.7. The van der Waals surface area contributed by atoms with Crippen molar-refractivity contribution in [3.05, 3.63) is 42.0 Å². The van der Waals surface area contributed by atoms with Crippen molar-refractivity contribution in [2.75, 3.05) is 6.61 Å². The molecule has 0 aliphatic rings. The maximum absolute atomic E-state index is 13.4. The SMILES string of the molecule is CC(C)C[C@@H](C(=O)NN)[C@@H](C(=O)OC(C)(C)C)C(/C=C/c1ccccc1)CCCCCO. The number of ether oxygens (including phenoxy) is 1. The minimum atomic E-state index is -0.665. The molecule has 0 fully saturated rings. The smallest absolute Gasteiger partial charge is 0.310 e. The number of allylic oxidation sites excluding steroid dienone is 1. The zero-order valence-corrected chi connectivity index (χ0v) is 20.3. The molecule has 0 aliphatic carbocycles. The number of hydrogen-bond donors (Lipinski definition) is 3. The molecular weight excluding hydrogens is 404 g/mol. The number of carbonyl (C=O) groups excluding carboxylic acids is 2. The second-order valence-electron chi connectivity index (χ2n) is 9.81. The highest BCUT2D eigenvalue weighted by atomic mass is 16.6. The Kier molecular flexibility index (Phi) is 12.2. The summed E-state index contributed by atoms with van der Waals surface area (Å²) >= 11 is 0. The highest BCUT2D eigenvalue weighted by molar-refractivity contribution is 5.85. The largest absolute Gasteiger partial charge is 0.460 e. The molecule has 3 atom stereocenters. The predicted octanol–water partition coefficient (Wildman–Crippen LogP) is 4.48. The molecular formula is C26H42N2O4. The molecule has 4 N–H and O–H groups in total. The molecule has 1 rings (SSSR count). The third kappa shape index (κ3) is 10.4. The minimum Gasteiger partial charge on any atom is -0.460 e. The maximum Gasteiger partial charge on any atom is 0.310 e. The van der Waals surface area contributed by atoms with Crippen LogP contribution in [0.4, 0.5) is 0 Å². The third-order valence-corrected chi connectivity index (χ3v) is 5.31. The Morgan fingerprint density at radius 1 is 1.12 bits per heavy atom. The number of nitrogens with two attached hydrogens (primary N) is 1. The van der Waals surface area contributed by atoms with Gasteiger partial charge in [0.1, 0.15) is 5.60 Å². The van der Waals surface area contributed by atoms with Gasteiger partial charge in [0, 0.05) is 6.61 Å². The number of hydrogen-bond acceptors (Lipinski definition) is 5. The molecule has 32 heavy (non-hydrogen) atoms. The number of hydrazine groups is 1. The molecule has 1 aromatic rings. The van der Waals surface area contributed by atoms with Crippen molar-refractivity contribution in [2.24, 2.45) is 29.5 Å². The molecule has 1 aromatic carbocycles. The quantitative estimate of drug-likeness (QED) is 0.136. The van der Waals surface area contributed by atoms with Crippen LogP contribution in [0.1, 0.15) is 72.3 Å². The van der Waals surface area contributed by atoms with Gasteiger partial charge in [0.15, 0.2) is 0 Å². The summed E-state index contributed by atoms with van der Waals surface area (Å²) < 4.78 is 5.78. The predicted molar refractivity (Wildman–Crippen MR) is 129 cm³/mol. The molecule has 1 unspecified atom stereocenters. The van der Waals surface area contributed by atoms with Crippen LogP contribution in [-0.4, -0.2) is 29.2 Å². The first kappa shape index (κ1) is 27.9. The summed E-state index contributed by atoms with van der Waals surface area (Å²) in [6, 6.07) is 9.88. The molecule has 6 nitrogen and oxygen atoms in total. The second kappa shape index (κ2) is 14.1. The maximum atomic E-state index is 13.4. The van der Waals surface area contributed by atoms with Gasteiger partial charge in [0.2, 0.25) is 5.91 Å². The first-order chi connectivity index (χ1) is 15.1. The van der Waals surface area contributed by atoms with Crippen LogP contribution >= 0.6 is 0 Å². The van der Waals surface area contributed by atoms with Gasteiger partial charge >= 0.3 is 5.97 Å². The van der Waals surface area contributed by atoms with Crippen molar-refractivity contribution < 1.29 is 19.4 Å². The summed E-state index contributed by atoms with van der Waals surface area (Å²) in [5.74, 6) is 3.54. The van der Waals surface area contributed by atoms with E-state index in [2.05, 4.69) is 5.43 Å². The van der Waals surface area contributed by atoms with E-state index < -0.39 is 17.4 Å². The van der Waals surface area contributed by atoms with Crippen LogP contribution in [-0.2, 0) is 14.3 Å². The van der Waals surface area contributed by atoms with Crippen LogP contribution in [0.2, 0.25) is 0 Å². The lowest BCUT2D eigenvalue weighted by atomic mass is 9.74. The number of esters is 1. The van der Waals surface area contributed by atoms with Gasteiger partial charge in [-0.25, -0.2) is 5.84 Å². The van der Waals surface area contributed by atoms with E-state index in [9.17, 15) is 9.59 Å². The van der Waals surface area contributed by atoms with E-state index >= 15 is 0 Å². The molecule has 180 valence electrons. The number of benzene rings is 1. The fraction of sp³-hybridized carbons (Fsp3) is 0.615. The average molecular weight is 447 g/mol. The summed E-state index contributed by atoms with van der Waals surface area (Å²) in [4.78, 5) is 26.2. The second-order valence-corrected chi connectivity index (χ2v) is 9.81. The Morgan fingerprint density at radius 3 is 2.31 bits per heavy atom. The van der Waals surface area contributed by atoms with Crippen LogP contribution < -0.4 is 11.3 Å². The molecule has 0 bridgehead atoms. The topological polar surface area (TPSA) is 102 Å². The van der Waals surface area contributed by atoms with Gasteiger partial charge in [0.25, 0.3) is 0 Å². The number of amides is 1. The van der Waals surface area contributed by atoms with Gasteiger partial charge in [-0.05, 0) is 57.4 Å². The number of aliphatic hydroxyl groups excluding tert-OH is 1. The minimum absolute atomic E-state index is 0.144. The molecule has 0 saturated carbocycles. The molecule has 0 saturated heterocycles. The monoisotopic (exact) mass is 446 g/mol. The summed E-state index contributed by atoms with van der Waals surface area (Å²) in [5, 5.41) is 9.15. The molecule has 0 spiro atoms. The Hall–Kier alpha value is -2.18. The van der Waals surface area contributed by atoms with Crippen LogP contribution in [0, 0.1) is 23.7 Å². The third-order valence-electron chi connectivity index (χ3n) is 5.31. The van der Waals surface area contributed by atoms with Crippen LogP contribution in [0.25, 0.3) is 6.08 Å². The lowest BCUT2D eigenvalue weighted by Gasteiger charge is -2.33.